The number of hydrogen-bond donors (Lipinski definition) is 2. The second-order valence-corrected chi connectivity index (χ2v) is 5.28. The number of hydrogen-bond acceptors (Lipinski definition) is 4. The van der Waals surface area contributed by atoms with E-state index < -0.39 is 10.7 Å². The first-order valence-electron chi connectivity index (χ1n) is 5.62. The molecule has 3 N–H and O–H groups in total. The normalized spacial score (nSPS) is 16.4. The van der Waals surface area contributed by atoms with Gasteiger partial charge in [0.15, 0.2) is 0 Å². The van der Waals surface area contributed by atoms with Crippen LogP contribution in [0.1, 0.15) is 12.8 Å². The van der Waals surface area contributed by atoms with Crippen LogP contribution < -0.4 is 11.1 Å². The van der Waals surface area contributed by atoms with E-state index in [2.05, 4.69) is 21.2 Å². The van der Waals surface area contributed by atoms with Crippen molar-refractivity contribution in [2.45, 2.75) is 18.9 Å². The number of nitrogens with zero attached hydrogens (tertiary/aromatic N) is 1. The summed E-state index contributed by atoms with van der Waals surface area (Å²) in [6.45, 7) is 0.409. The molecule has 0 bridgehead atoms. The maximum Gasteiger partial charge on any atom is 0.293 e. The molecular formula is C11H13BrFN3O2. The summed E-state index contributed by atoms with van der Waals surface area (Å²) >= 11 is 2.93. The van der Waals surface area contributed by atoms with Gasteiger partial charge in [-0.3, -0.25) is 10.1 Å². The van der Waals surface area contributed by atoms with Gasteiger partial charge in [-0.2, -0.15) is 0 Å². The van der Waals surface area contributed by atoms with E-state index in [1.54, 1.807) is 0 Å². The van der Waals surface area contributed by atoms with Gasteiger partial charge in [0.2, 0.25) is 0 Å². The van der Waals surface area contributed by atoms with Gasteiger partial charge in [0.1, 0.15) is 11.5 Å². The molecular weight excluding hydrogens is 305 g/mol. The molecule has 98 valence electrons. The molecule has 1 unspecified atom stereocenters. The molecule has 1 aromatic rings. The summed E-state index contributed by atoms with van der Waals surface area (Å²) < 4.78 is 13.5. The third kappa shape index (κ3) is 2.97. The summed E-state index contributed by atoms with van der Waals surface area (Å²) in [5.41, 5.74) is 5.89. The van der Waals surface area contributed by atoms with Gasteiger partial charge in [0, 0.05) is 24.7 Å². The maximum atomic E-state index is 13.4. The van der Waals surface area contributed by atoms with Crippen molar-refractivity contribution in [3.8, 4) is 0 Å². The third-order valence-electron chi connectivity index (χ3n) is 2.99. The standard InChI is InChI=1S/C11H13BrFN3O2/c12-7-3-11(16(17)18)10(4-8(7)13)15-5-9(14)6-1-2-6/h3-4,6,9,15H,1-2,5,14H2. The van der Waals surface area contributed by atoms with Crippen LogP contribution in [0.25, 0.3) is 0 Å². The molecule has 0 heterocycles. The highest BCUT2D eigenvalue weighted by atomic mass is 79.9. The summed E-state index contributed by atoms with van der Waals surface area (Å²) in [6.07, 6.45) is 2.19. The van der Waals surface area contributed by atoms with Crippen molar-refractivity contribution in [3.05, 3.63) is 32.5 Å². The molecule has 0 saturated heterocycles. The van der Waals surface area contributed by atoms with E-state index in [-0.39, 0.29) is 21.9 Å². The zero-order chi connectivity index (χ0) is 13.3. The third-order valence-corrected chi connectivity index (χ3v) is 3.60. The molecule has 0 aliphatic heterocycles. The predicted molar refractivity (Wildman–Crippen MR) is 69.9 cm³/mol. The van der Waals surface area contributed by atoms with Gasteiger partial charge in [-0.25, -0.2) is 4.39 Å². The topological polar surface area (TPSA) is 81.2 Å². The summed E-state index contributed by atoms with van der Waals surface area (Å²) in [6, 6.07) is 2.22. The predicted octanol–water partition coefficient (Wildman–Crippen LogP) is 2.65. The molecule has 1 aliphatic rings. The van der Waals surface area contributed by atoms with E-state index in [0.29, 0.717) is 12.5 Å². The number of rotatable bonds is 5. The van der Waals surface area contributed by atoms with E-state index in [0.717, 1.165) is 25.0 Å². The number of halogens is 2. The average Bonchev–Trinajstić information content (AvgIpc) is 3.13. The molecule has 1 saturated carbocycles. The fourth-order valence-electron chi connectivity index (χ4n) is 1.75. The molecule has 1 aliphatic carbocycles. The van der Waals surface area contributed by atoms with Crippen LogP contribution in [0.4, 0.5) is 15.8 Å². The first-order chi connectivity index (χ1) is 8.49. The Bertz CT molecular complexity index is 480. The molecule has 0 radical (unpaired) electrons. The van der Waals surface area contributed by atoms with Gasteiger partial charge in [-0.1, -0.05) is 0 Å². The zero-order valence-corrected chi connectivity index (χ0v) is 11.1. The van der Waals surface area contributed by atoms with Crippen LogP contribution in [0.15, 0.2) is 16.6 Å². The first-order valence-corrected chi connectivity index (χ1v) is 6.41. The number of nitrogens with one attached hydrogen (secondary N) is 1. The molecule has 1 atom stereocenters. The lowest BCUT2D eigenvalue weighted by Crippen LogP contribution is -2.31. The Hall–Kier alpha value is -1.21. The van der Waals surface area contributed by atoms with Crippen LogP contribution in [0.2, 0.25) is 0 Å². The van der Waals surface area contributed by atoms with Crippen molar-refractivity contribution in [1.82, 2.24) is 0 Å². The molecule has 18 heavy (non-hydrogen) atoms. The van der Waals surface area contributed by atoms with E-state index in [9.17, 15) is 14.5 Å². The number of nitro groups is 1. The molecule has 2 rings (SSSR count). The second kappa shape index (κ2) is 5.19. The molecule has 5 nitrogen and oxygen atoms in total. The molecule has 7 heteroatoms. The fourth-order valence-corrected chi connectivity index (χ4v) is 2.08. The van der Waals surface area contributed by atoms with Gasteiger partial charge >= 0.3 is 0 Å². The van der Waals surface area contributed by atoms with Gasteiger partial charge in [0.05, 0.1) is 9.40 Å². The van der Waals surface area contributed by atoms with Crippen molar-refractivity contribution in [2.75, 3.05) is 11.9 Å². The smallest absolute Gasteiger partial charge is 0.293 e. The number of anilines is 1. The lowest BCUT2D eigenvalue weighted by atomic mass is 10.2. The highest BCUT2D eigenvalue weighted by molar-refractivity contribution is 9.10. The van der Waals surface area contributed by atoms with E-state index >= 15 is 0 Å². The molecule has 1 aromatic carbocycles. The SMILES string of the molecule is NC(CNc1cc(F)c(Br)cc1[N+](=O)[O-])C1CC1. The van der Waals surface area contributed by atoms with Gasteiger partial charge in [0.25, 0.3) is 5.69 Å². The number of nitrogens with two attached hydrogens (primary N) is 1. The van der Waals surface area contributed by atoms with Gasteiger partial charge in [-0.05, 0) is 34.7 Å². The van der Waals surface area contributed by atoms with E-state index in [1.807, 2.05) is 0 Å². The Morgan fingerprint density at radius 1 is 1.61 bits per heavy atom. The maximum absolute atomic E-state index is 13.4. The summed E-state index contributed by atoms with van der Waals surface area (Å²) in [4.78, 5) is 10.3. The fraction of sp³-hybridized carbons (Fsp3) is 0.455. The van der Waals surface area contributed by atoms with Gasteiger partial charge in [-0.15, -0.1) is 0 Å². The number of nitro benzene ring substituents is 1. The van der Waals surface area contributed by atoms with Crippen LogP contribution in [-0.2, 0) is 0 Å². The zero-order valence-electron chi connectivity index (χ0n) is 9.53. The molecule has 1 fully saturated rings. The molecule has 0 amide bonds. The summed E-state index contributed by atoms with van der Waals surface area (Å²) in [5.74, 6) is -0.0556. The molecule has 0 spiro atoms. The Kier molecular flexibility index (Phi) is 3.82. The highest BCUT2D eigenvalue weighted by Gasteiger charge is 2.28. The van der Waals surface area contributed by atoms with Crippen LogP contribution in [0, 0.1) is 21.8 Å². The Labute approximate surface area is 112 Å². The minimum absolute atomic E-state index is 0.0451. The van der Waals surface area contributed by atoms with Crippen LogP contribution in [0.3, 0.4) is 0 Å². The quantitative estimate of drug-likeness (QED) is 0.646. The number of benzene rings is 1. The highest BCUT2D eigenvalue weighted by Crippen LogP contribution is 2.33. The van der Waals surface area contributed by atoms with E-state index in [4.69, 9.17) is 5.73 Å². The summed E-state index contributed by atoms with van der Waals surface area (Å²) in [5, 5.41) is 13.7. The Balaban J connectivity index is 2.14. The summed E-state index contributed by atoms with van der Waals surface area (Å²) in [7, 11) is 0. The van der Waals surface area contributed by atoms with Crippen molar-refractivity contribution in [1.29, 1.82) is 0 Å². The van der Waals surface area contributed by atoms with Crippen molar-refractivity contribution in [3.63, 3.8) is 0 Å². The largest absolute Gasteiger partial charge is 0.378 e. The Morgan fingerprint density at radius 2 is 2.28 bits per heavy atom. The van der Waals surface area contributed by atoms with Crippen molar-refractivity contribution < 1.29 is 9.31 Å². The van der Waals surface area contributed by atoms with Crippen LogP contribution >= 0.6 is 15.9 Å². The lowest BCUT2D eigenvalue weighted by Gasteiger charge is -2.13. The van der Waals surface area contributed by atoms with Gasteiger partial charge < -0.3 is 11.1 Å². The van der Waals surface area contributed by atoms with Crippen LogP contribution in [0.5, 0.6) is 0 Å². The first kappa shape index (κ1) is 13.2. The monoisotopic (exact) mass is 317 g/mol. The minimum Gasteiger partial charge on any atom is -0.378 e. The van der Waals surface area contributed by atoms with Crippen molar-refractivity contribution >= 4 is 27.3 Å². The van der Waals surface area contributed by atoms with E-state index in [1.165, 1.54) is 0 Å². The lowest BCUT2D eigenvalue weighted by molar-refractivity contribution is -0.384. The van der Waals surface area contributed by atoms with Crippen LogP contribution in [-0.4, -0.2) is 17.5 Å². The average molecular weight is 318 g/mol. The molecule has 0 aromatic heterocycles. The Morgan fingerprint density at radius 3 is 2.83 bits per heavy atom. The second-order valence-electron chi connectivity index (χ2n) is 4.42. The minimum atomic E-state index is -0.546. The van der Waals surface area contributed by atoms with Crippen molar-refractivity contribution in [2.24, 2.45) is 11.7 Å².